The molecule has 0 atom stereocenters. The average Bonchev–Trinajstić information content (AvgIpc) is 2.72. The van der Waals surface area contributed by atoms with Gasteiger partial charge < -0.3 is 9.47 Å². The first-order valence-electron chi connectivity index (χ1n) is 8.96. The van der Waals surface area contributed by atoms with Gasteiger partial charge in [-0.25, -0.2) is 0 Å². The smallest absolute Gasteiger partial charge is 0.127 e. The van der Waals surface area contributed by atoms with Crippen molar-refractivity contribution in [2.45, 2.75) is 40.6 Å². The molecule has 0 spiro atoms. The van der Waals surface area contributed by atoms with Crippen molar-refractivity contribution in [3.63, 3.8) is 0 Å². The molecule has 2 aromatic rings. The van der Waals surface area contributed by atoms with Gasteiger partial charge in [0, 0.05) is 43.6 Å². The zero-order chi connectivity index (χ0) is 19.5. The van der Waals surface area contributed by atoms with Crippen LogP contribution in [0.2, 0.25) is 0 Å². The third-order valence-corrected chi connectivity index (χ3v) is 6.63. The van der Waals surface area contributed by atoms with Crippen LogP contribution in [0.15, 0.2) is 36.4 Å². The zero-order valence-corrected chi connectivity index (χ0v) is 21.5. The molecule has 27 heavy (non-hydrogen) atoms. The van der Waals surface area contributed by atoms with Gasteiger partial charge in [-0.05, 0) is 19.3 Å². The normalized spacial score (nSPS) is 10.8. The SMILES string of the molecule is BrCc1cccc(CBr)c1OCCCCCOc1c(CBr)cccc1CBr. The Kier molecular flexibility index (Phi) is 11.4. The summed E-state index contributed by atoms with van der Waals surface area (Å²) < 4.78 is 12.1. The minimum absolute atomic E-state index is 0.731. The summed E-state index contributed by atoms with van der Waals surface area (Å²) in [6, 6.07) is 12.6. The molecule has 0 unspecified atom stereocenters. The zero-order valence-electron chi connectivity index (χ0n) is 15.2. The maximum Gasteiger partial charge on any atom is 0.127 e. The summed E-state index contributed by atoms with van der Waals surface area (Å²) in [6.45, 7) is 1.46. The number of hydrogen-bond donors (Lipinski definition) is 0. The van der Waals surface area contributed by atoms with Crippen molar-refractivity contribution in [1.29, 1.82) is 0 Å². The minimum Gasteiger partial charge on any atom is -0.493 e. The van der Waals surface area contributed by atoms with E-state index in [-0.39, 0.29) is 0 Å². The van der Waals surface area contributed by atoms with Crippen molar-refractivity contribution >= 4 is 63.7 Å². The van der Waals surface area contributed by atoms with Gasteiger partial charge in [0.2, 0.25) is 0 Å². The number of benzene rings is 2. The molecule has 0 radical (unpaired) electrons. The Bertz CT molecular complexity index is 603. The molecule has 6 heteroatoms. The van der Waals surface area contributed by atoms with Gasteiger partial charge in [0.15, 0.2) is 0 Å². The second-order valence-corrected chi connectivity index (χ2v) is 8.35. The van der Waals surface area contributed by atoms with E-state index in [9.17, 15) is 0 Å². The molecule has 0 aliphatic carbocycles. The molecule has 0 aromatic heterocycles. The van der Waals surface area contributed by atoms with Crippen LogP contribution in [0.4, 0.5) is 0 Å². The molecule has 0 aliphatic heterocycles. The summed E-state index contributed by atoms with van der Waals surface area (Å²) in [5, 5.41) is 3.22. The number of unbranched alkanes of at least 4 members (excludes halogenated alkanes) is 2. The Balaban J connectivity index is 1.75. The van der Waals surface area contributed by atoms with Gasteiger partial charge in [-0.3, -0.25) is 0 Å². The van der Waals surface area contributed by atoms with Crippen molar-refractivity contribution in [3.05, 3.63) is 58.7 Å². The van der Waals surface area contributed by atoms with Crippen LogP contribution in [-0.2, 0) is 21.3 Å². The van der Waals surface area contributed by atoms with Gasteiger partial charge in [-0.15, -0.1) is 0 Å². The maximum atomic E-state index is 6.07. The molecule has 0 saturated carbocycles. The number of halogens is 4. The minimum atomic E-state index is 0.731. The molecule has 0 N–H and O–H groups in total. The van der Waals surface area contributed by atoms with Crippen molar-refractivity contribution in [2.24, 2.45) is 0 Å². The number of alkyl halides is 4. The van der Waals surface area contributed by atoms with Crippen LogP contribution >= 0.6 is 63.7 Å². The van der Waals surface area contributed by atoms with E-state index in [0.717, 1.165) is 65.3 Å². The monoisotopic (exact) mass is 624 g/mol. The Morgan fingerprint density at radius 2 is 0.852 bits per heavy atom. The summed E-state index contributed by atoms with van der Waals surface area (Å²) >= 11 is 14.2. The van der Waals surface area contributed by atoms with Crippen molar-refractivity contribution < 1.29 is 9.47 Å². The Labute approximate surface area is 195 Å². The highest BCUT2D eigenvalue weighted by Gasteiger charge is 2.09. The highest BCUT2D eigenvalue weighted by molar-refractivity contribution is 9.09. The second kappa shape index (κ2) is 13.2. The topological polar surface area (TPSA) is 18.5 Å². The number of para-hydroxylation sites is 2. The Morgan fingerprint density at radius 3 is 1.15 bits per heavy atom. The van der Waals surface area contributed by atoms with E-state index in [2.05, 4.69) is 100 Å². The van der Waals surface area contributed by atoms with E-state index in [0.29, 0.717) is 0 Å². The van der Waals surface area contributed by atoms with Gasteiger partial charge in [0.1, 0.15) is 11.5 Å². The molecule has 2 aromatic carbocycles. The maximum absolute atomic E-state index is 6.07. The van der Waals surface area contributed by atoms with Crippen LogP contribution in [0.1, 0.15) is 41.5 Å². The molecule has 0 fully saturated rings. The summed E-state index contributed by atoms with van der Waals surface area (Å²) in [5.41, 5.74) is 4.79. The van der Waals surface area contributed by atoms with E-state index < -0.39 is 0 Å². The molecule has 0 saturated heterocycles. The summed E-state index contributed by atoms with van der Waals surface area (Å²) in [6.07, 6.45) is 3.13. The predicted octanol–water partition coefficient (Wildman–Crippen LogP) is 7.89. The van der Waals surface area contributed by atoms with Crippen LogP contribution < -0.4 is 9.47 Å². The number of rotatable bonds is 12. The van der Waals surface area contributed by atoms with Crippen LogP contribution in [-0.4, -0.2) is 13.2 Å². The molecule has 2 rings (SSSR count). The first-order valence-corrected chi connectivity index (χ1v) is 13.4. The van der Waals surface area contributed by atoms with E-state index in [4.69, 9.17) is 9.47 Å². The standard InChI is InChI=1S/C21H24Br4O2/c22-12-16-6-4-7-17(13-23)20(16)26-10-2-1-3-11-27-21-18(14-24)8-5-9-19(21)15-25/h4-9H,1-3,10-15H2. The molecule has 0 bridgehead atoms. The van der Waals surface area contributed by atoms with Crippen molar-refractivity contribution in [3.8, 4) is 11.5 Å². The quantitative estimate of drug-likeness (QED) is 0.176. The van der Waals surface area contributed by atoms with E-state index in [1.807, 2.05) is 0 Å². The van der Waals surface area contributed by atoms with Crippen LogP contribution in [0, 0.1) is 0 Å². The van der Waals surface area contributed by atoms with E-state index in [1.165, 1.54) is 22.3 Å². The molecule has 0 heterocycles. The average molecular weight is 628 g/mol. The summed E-state index contributed by atoms with van der Waals surface area (Å²) in [5.74, 6) is 2.02. The van der Waals surface area contributed by atoms with E-state index in [1.54, 1.807) is 0 Å². The number of ether oxygens (including phenoxy) is 2. The van der Waals surface area contributed by atoms with Crippen LogP contribution in [0.3, 0.4) is 0 Å². The van der Waals surface area contributed by atoms with Gasteiger partial charge in [-0.1, -0.05) is 100 Å². The highest BCUT2D eigenvalue weighted by atomic mass is 79.9. The fraction of sp³-hybridized carbons (Fsp3) is 0.429. The number of hydrogen-bond acceptors (Lipinski definition) is 2. The predicted molar refractivity (Wildman–Crippen MR) is 128 cm³/mol. The third-order valence-electron chi connectivity index (χ3n) is 4.21. The fourth-order valence-corrected chi connectivity index (χ4v) is 4.56. The molecular weight excluding hydrogens is 604 g/mol. The largest absolute Gasteiger partial charge is 0.493 e. The van der Waals surface area contributed by atoms with Gasteiger partial charge >= 0.3 is 0 Å². The Hall–Kier alpha value is -0.0400. The molecular formula is C21H24Br4O2. The molecule has 148 valence electrons. The highest BCUT2D eigenvalue weighted by Crippen LogP contribution is 2.29. The lowest BCUT2D eigenvalue weighted by Crippen LogP contribution is -2.05. The van der Waals surface area contributed by atoms with Crippen molar-refractivity contribution in [1.82, 2.24) is 0 Å². The Morgan fingerprint density at radius 1 is 0.519 bits per heavy atom. The molecule has 2 nitrogen and oxygen atoms in total. The van der Waals surface area contributed by atoms with Gasteiger partial charge in [-0.2, -0.15) is 0 Å². The third kappa shape index (κ3) is 7.06. The van der Waals surface area contributed by atoms with Crippen molar-refractivity contribution in [2.75, 3.05) is 13.2 Å². The van der Waals surface area contributed by atoms with Crippen LogP contribution in [0.5, 0.6) is 11.5 Å². The first kappa shape index (κ1) is 23.2. The molecule has 0 aliphatic rings. The van der Waals surface area contributed by atoms with Gasteiger partial charge in [0.05, 0.1) is 13.2 Å². The lowest BCUT2D eigenvalue weighted by molar-refractivity contribution is 0.275. The van der Waals surface area contributed by atoms with E-state index >= 15 is 0 Å². The lowest BCUT2D eigenvalue weighted by Gasteiger charge is -2.15. The second-order valence-electron chi connectivity index (χ2n) is 6.10. The lowest BCUT2D eigenvalue weighted by atomic mass is 10.1. The molecule has 0 amide bonds. The summed E-state index contributed by atoms with van der Waals surface area (Å²) in [4.78, 5) is 0. The van der Waals surface area contributed by atoms with Gasteiger partial charge in [0.25, 0.3) is 0 Å². The summed E-state index contributed by atoms with van der Waals surface area (Å²) in [7, 11) is 0. The van der Waals surface area contributed by atoms with Crippen LogP contribution in [0.25, 0.3) is 0 Å². The fourth-order valence-electron chi connectivity index (χ4n) is 2.80. The first-order chi connectivity index (χ1) is 13.2.